The molecule has 90 valence electrons. The van der Waals surface area contributed by atoms with Crippen molar-refractivity contribution in [3.63, 3.8) is 0 Å². The molecule has 0 rings (SSSR count). The monoisotopic (exact) mass is 312 g/mol. The molecule has 1 N–H and O–H groups in total. The van der Waals surface area contributed by atoms with E-state index in [1.807, 2.05) is 20.8 Å². The first-order chi connectivity index (χ1) is 6.68. The third-order valence-electron chi connectivity index (χ3n) is 1.47. The van der Waals surface area contributed by atoms with Crippen molar-refractivity contribution in [1.29, 1.82) is 0 Å². The zero-order valence-electron chi connectivity index (χ0n) is 9.91. The third-order valence-corrected chi connectivity index (χ3v) is 3.17. The fraction of sp³-hybridized carbons (Fsp3) is 1.00. The third kappa shape index (κ3) is 9.85. The molecule has 6 heteroatoms. The van der Waals surface area contributed by atoms with Crippen molar-refractivity contribution in [2.45, 2.75) is 40.0 Å². The minimum absolute atomic E-state index is 0. The van der Waals surface area contributed by atoms with Gasteiger partial charge in [-0.3, -0.25) is 0 Å². The van der Waals surface area contributed by atoms with Gasteiger partial charge in [-0.1, -0.05) is 20.8 Å². The standard InChI is InChI=1S/C9H22O4Si.Zr/c1-4-7-11-14(10,12-8-5-2)13-9-6-3;/h10H,4-9H2,1-3H3;. The Morgan fingerprint density at radius 3 is 1.27 bits per heavy atom. The zero-order chi connectivity index (χ0) is 10.9. The molecule has 0 bridgehead atoms. The summed E-state index contributed by atoms with van der Waals surface area (Å²) in [5, 5.41) is 0. The molecule has 0 aromatic rings. The van der Waals surface area contributed by atoms with E-state index in [0.717, 1.165) is 19.3 Å². The van der Waals surface area contributed by atoms with Crippen molar-refractivity contribution in [2.24, 2.45) is 0 Å². The number of hydrogen-bond donors (Lipinski definition) is 1. The molecule has 0 saturated heterocycles. The first kappa shape index (κ1) is 18.3. The Kier molecular flexibility index (Phi) is 13.9. The second-order valence-corrected chi connectivity index (χ2v) is 4.98. The van der Waals surface area contributed by atoms with Crippen LogP contribution < -0.4 is 0 Å². The largest absolute Gasteiger partial charge is 0.676 e. The van der Waals surface area contributed by atoms with Crippen LogP contribution in [0.1, 0.15) is 40.0 Å². The van der Waals surface area contributed by atoms with Crippen molar-refractivity contribution >= 4 is 9.05 Å². The van der Waals surface area contributed by atoms with Crippen molar-refractivity contribution in [2.75, 3.05) is 19.8 Å². The van der Waals surface area contributed by atoms with Gasteiger partial charge in [0.1, 0.15) is 0 Å². The summed E-state index contributed by atoms with van der Waals surface area (Å²) in [6, 6.07) is 0. The second-order valence-electron chi connectivity index (χ2n) is 3.07. The predicted molar refractivity (Wildman–Crippen MR) is 56.7 cm³/mol. The van der Waals surface area contributed by atoms with Gasteiger partial charge < -0.3 is 18.1 Å². The van der Waals surface area contributed by atoms with E-state index in [4.69, 9.17) is 13.3 Å². The Bertz CT molecular complexity index is 116. The van der Waals surface area contributed by atoms with Gasteiger partial charge in [0.25, 0.3) is 0 Å². The first-order valence-electron chi connectivity index (χ1n) is 5.32. The van der Waals surface area contributed by atoms with Crippen LogP contribution in [0, 0.1) is 0 Å². The van der Waals surface area contributed by atoms with Gasteiger partial charge >= 0.3 is 9.05 Å². The van der Waals surface area contributed by atoms with Gasteiger partial charge in [0.15, 0.2) is 0 Å². The van der Waals surface area contributed by atoms with Crippen LogP contribution in [-0.2, 0) is 39.5 Å². The topological polar surface area (TPSA) is 47.9 Å². The normalized spacial score (nSPS) is 11.2. The minimum Gasteiger partial charge on any atom is -0.367 e. The fourth-order valence-corrected chi connectivity index (χ4v) is 2.45. The van der Waals surface area contributed by atoms with Gasteiger partial charge in [-0.2, -0.15) is 0 Å². The molecule has 0 aliphatic carbocycles. The molecule has 0 heterocycles. The summed E-state index contributed by atoms with van der Waals surface area (Å²) in [5.74, 6) is 0. The van der Waals surface area contributed by atoms with E-state index in [2.05, 4.69) is 0 Å². The molecule has 15 heavy (non-hydrogen) atoms. The Morgan fingerprint density at radius 2 is 1.07 bits per heavy atom. The maximum atomic E-state index is 9.88. The molecule has 0 atom stereocenters. The Balaban J connectivity index is 0. The van der Waals surface area contributed by atoms with E-state index in [1.165, 1.54) is 0 Å². The Hall–Kier alpha value is 0.940. The second kappa shape index (κ2) is 11.4. The van der Waals surface area contributed by atoms with E-state index in [1.54, 1.807) is 0 Å². The van der Waals surface area contributed by atoms with E-state index in [-0.39, 0.29) is 26.2 Å². The van der Waals surface area contributed by atoms with E-state index in [9.17, 15) is 4.80 Å². The molecule has 0 saturated carbocycles. The summed E-state index contributed by atoms with van der Waals surface area (Å²) >= 11 is 0. The van der Waals surface area contributed by atoms with Crippen LogP contribution in [0.15, 0.2) is 0 Å². The fourth-order valence-electron chi connectivity index (χ4n) is 0.818. The van der Waals surface area contributed by atoms with Gasteiger partial charge in [-0.15, -0.1) is 0 Å². The van der Waals surface area contributed by atoms with Crippen LogP contribution in [0.25, 0.3) is 0 Å². The molecule has 0 radical (unpaired) electrons. The summed E-state index contributed by atoms with van der Waals surface area (Å²) in [7, 11) is -3.31. The van der Waals surface area contributed by atoms with E-state index >= 15 is 0 Å². The van der Waals surface area contributed by atoms with Gasteiger partial charge in [0.05, 0.1) is 0 Å². The van der Waals surface area contributed by atoms with Crippen LogP contribution in [-0.4, -0.2) is 33.7 Å². The van der Waals surface area contributed by atoms with Crippen molar-refractivity contribution in [1.82, 2.24) is 0 Å². The average Bonchev–Trinajstić information content (AvgIpc) is 2.21. The SMILES string of the molecule is CCCO[Si](O)(OCCC)OCCC.[Zr]. The van der Waals surface area contributed by atoms with Gasteiger partial charge in [-0.25, -0.2) is 0 Å². The summed E-state index contributed by atoms with van der Waals surface area (Å²) in [4.78, 5) is 9.88. The summed E-state index contributed by atoms with van der Waals surface area (Å²) in [6.45, 7) is 7.39. The molecule has 0 fully saturated rings. The van der Waals surface area contributed by atoms with Gasteiger partial charge in [0, 0.05) is 46.0 Å². The molecule has 0 unspecified atom stereocenters. The van der Waals surface area contributed by atoms with Crippen LogP contribution >= 0.6 is 0 Å². The molecule has 0 aromatic heterocycles. The smallest absolute Gasteiger partial charge is 0.367 e. The quantitative estimate of drug-likeness (QED) is 0.658. The van der Waals surface area contributed by atoms with Crippen molar-refractivity contribution < 1.29 is 44.3 Å². The average molecular weight is 314 g/mol. The minimum atomic E-state index is -3.31. The molecule has 0 amide bonds. The first-order valence-corrected chi connectivity index (χ1v) is 7.00. The summed E-state index contributed by atoms with van der Waals surface area (Å²) in [5.41, 5.74) is 0. The summed E-state index contributed by atoms with van der Waals surface area (Å²) < 4.78 is 15.7. The molecule has 0 aromatic carbocycles. The molecule has 4 nitrogen and oxygen atoms in total. The van der Waals surface area contributed by atoms with Crippen LogP contribution in [0.5, 0.6) is 0 Å². The van der Waals surface area contributed by atoms with Gasteiger partial charge in [-0.05, 0) is 19.3 Å². The van der Waals surface area contributed by atoms with Crippen LogP contribution in [0.3, 0.4) is 0 Å². The predicted octanol–water partition coefficient (Wildman–Crippen LogP) is 1.69. The van der Waals surface area contributed by atoms with E-state index in [0.29, 0.717) is 19.8 Å². The molecular formula is C9H22O4SiZr. The molecule has 0 aliphatic heterocycles. The number of hydrogen-bond acceptors (Lipinski definition) is 4. The molecule has 0 spiro atoms. The van der Waals surface area contributed by atoms with Crippen molar-refractivity contribution in [3.05, 3.63) is 0 Å². The summed E-state index contributed by atoms with van der Waals surface area (Å²) in [6.07, 6.45) is 2.54. The van der Waals surface area contributed by atoms with Crippen LogP contribution in [0.2, 0.25) is 0 Å². The van der Waals surface area contributed by atoms with Gasteiger partial charge in [0.2, 0.25) is 0 Å². The Morgan fingerprint density at radius 1 is 0.800 bits per heavy atom. The maximum Gasteiger partial charge on any atom is 0.676 e. The molecule has 0 aliphatic rings. The van der Waals surface area contributed by atoms with Crippen LogP contribution in [0.4, 0.5) is 0 Å². The number of rotatable bonds is 9. The van der Waals surface area contributed by atoms with E-state index < -0.39 is 9.05 Å². The zero-order valence-corrected chi connectivity index (χ0v) is 13.4. The van der Waals surface area contributed by atoms with Crippen molar-refractivity contribution in [3.8, 4) is 0 Å². The molecular weight excluding hydrogens is 291 g/mol. The maximum absolute atomic E-state index is 9.88. The Labute approximate surface area is 113 Å².